The maximum Gasteiger partial charge on any atom is 0.228 e. The molecule has 1 atom stereocenters. The highest BCUT2D eigenvalue weighted by Crippen LogP contribution is 2.24. The van der Waals surface area contributed by atoms with Crippen LogP contribution in [-0.2, 0) is 11.3 Å². The molecule has 110 valence electrons. The Morgan fingerprint density at radius 3 is 2.80 bits per heavy atom. The third-order valence-corrected chi connectivity index (χ3v) is 4.32. The first-order valence-corrected chi connectivity index (χ1v) is 7.38. The molecule has 4 heteroatoms. The third kappa shape index (κ3) is 3.19. The first kappa shape index (κ1) is 15.0. The molecule has 0 radical (unpaired) electrons. The SMILES string of the molecule is CCC(O)(CC)CNC(=O)C1CNCc2ccccc21. The van der Waals surface area contributed by atoms with Crippen LogP contribution in [0.2, 0.25) is 0 Å². The van der Waals surface area contributed by atoms with Crippen molar-refractivity contribution in [3.05, 3.63) is 35.4 Å². The zero-order valence-corrected chi connectivity index (χ0v) is 12.3. The lowest BCUT2D eigenvalue weighted by molar-refractivity contribution is -0.124. The fourth-order valence-corrected chi connectivity index (χ4v) is 2.61. The Kier molecular flexibility index (Phi) is 4.78. The van der Waals surface area contributed by atoms with E-state index in [0.29, 0.717) is 25.9 Å². The van der Waals surface area contributed by atoms with Crippen LogP contribution in [0, 0.1) is 0 Å². The summed E-state index contributed by atoms with van der Waals surface area (Å²) in [4.78, 5) is 12.4. The van der Waals surface area contributed by atoms with Gasteiger partial charge in [-0.2, -0.15) is 0 Å². The number of carbonyl (C=O) groups is 1. The molecular weight excluding hydrogens is 252 g/mol. The smallest absolute Gasteiger partial charge is 0.228 e. The topological polar surface area (TPSA) is 61.4 Å². The lowest BCUT2D eigenvalue weighted by atomic mass is 9.89. The largest absolute Gasteiger partial charge is 0.388 e. The molecule has 1 aliphatic heterocycles. The van der Waals surface area contributed by atoms with Crippen LogP contribution in [-0.4, -0.2) is 29.7 Å². The second kappa shape index (κ2) is 6.37. The van der Waals surface area contributed by atoms with Gasteiger partial charge in [-0.1, -0.05) is 38.1 Å². The highest BCUT2D eigenvalue weighted by Gasteiger charge is 2.28. The van der Waals surface area contributed by atoms with Gasteiger partial charge in [-0.3, -0.25) is 4.79 Å². The van der Waals surface area contributed by atoms with Crippen LogP contribution in [0.15, 0.2) is 24.3 Å². The van der Waals surface area contributed by atoms with Crippen molar-refractivity contribution < 1.29 is 9.90 Å². The molecule has 0 saturated heterocycles. The van der Waals surface area contributed by atoms with Crippen LogP contribution in [0.1, 0.15) is 43.7 Å². The van der Waals surface area contributed by atoms with Crippen molar-refractivity contribution >= 4 is 5.91 Å². The summed E-state index contributed by atoms with van der Waals surface area (Å²) in [5, 5.41) is 16.4. The average Bonchev–Trinajstić information content (AvgIpc) is 2.51. The van der Waals surface area contributed by atoms with Gasteiger partial charge in [0.2, 0.25) is 5.91 Å². The molecule has 1 amide bonds. The second-order valence-corrected chi connectivity index (χ2v) is 5.53. The minimum atomic E-state index is -0.794. The van der Waals surface area contributed by atoms with E-state index in [4.69, 9.17) is 0 Å². The lowest BCUT2D eigenvalue weighted by Gasteiger charge is -2.29. The van der Waals surface area contributed by atoms with E-state index in [0.717, 1.165) is 12.1 Å². The van der Waals surface area contributed by atoms with Gasteiger partial charge in [-0.25, -0.2) is 0 Å². The molecule has 2 rings (SSSR count). The van der Waals surface area contributed by atoms with E-state index < -0.39 is 5.60 Å². The molecule has 4 nitrogen and oxygen atoms in total. The molecule has 0 fully saturated rings. The van der Waals surface area contributed by atoms with E-state index in [1.807, 2.05) is 32.0 Å². The fraction of sp³-hybridized carbons (Fsp3) is 0.562. The first-order valence-electron chi connectivity index (χ1n) is 7.38. The Balaban J connectivity index is 2.04. The summed E-state index contributed by atoms with van der Waals surface area (Å²) in [5.74, 6) is -0.178. The van der Waals surface area contributed by atoms with Gasteiger partial charge in [0.15, 0.2) is 0 Å². The van der Waals surface area contributed by atoms with Gasteiger partial charge in [-0.05, 0) is 24.0 Å². The van der Waals surface area contributed by atoms with E-state index in [9.17, 15) is 9.90 Å². The normalized spacial score (nSPS) is 18.4. The van der Waals surface area contributed by atoms with Gasteiger partial charge in [0.25, 0.3) is 0 Å². The van der Waals surface area contributed by atoms with Crippen molar-refractivity contribution in [2.24, 2.45) is 0 Å². The lowest BCUT2D eigenvalue weighted by Crippen LogP contribution is -2.46. The Hall–Kier alpha value is -1.39. The first-order chi connectivity index (χ1) is 9.59. The maximum absolute atomic E-state index is 12.4. The number of amides is 1. The number of carbonyl (C=O) groups excluding carboxylic acids is 1. The minimum absolute atomic E-state index is 0.00928. The molecule has 1 aromatic carbocycles. The molecule has 1 aliphatic rings. The molecule has 1 heterocycles. The van der Waals surface area contributed by atoms with Gasteiger partial charge in [0.1, 0.15) is 0 Å². The summed E-state index contributed by atoms with van der Waals surface area (Å²) in [7, 11) is 0. The monoisotopic (exact) mass is 276 g/mol. The van der Waals surface area contributed by atoms with Gasteiger partial charge < -0.3 is 15.7 Å². The van der Waals surface area contributed by atoms with Gasteiger partial charge in [-0.15, -0.1) is 0 Å². The Labute approximate surface area is 120 Å². The number of nitrogens with one attached hydrogen (secondary N) is 2. The molecule has 20 heavy (non-hydrogen) atoms. The van der Waals surface area contributed by atoms with Crippen LogP contribution in [0.5, 0.6) is 0 Å². The third-order valence-electron chi connectivity index (χ3n) is 4.32. The number of fused-ring (bicyclic) bond motifs is 1. The molecule has 0 bridgehead atoms. The summed E-state index contributed by atoms with van der Waals surface area (Å²) in [6.07, 6.45) is 1.28. The van der Waals surface area contributed by atoms with Crippen LogP contribution >= 0.6 is 0 Å². The van der Waals surface area contributed by atoms with Crippen LogP contribution in [0.4, 0.5) is 0 Å². The summed E-state index contributed by atoms with van der Waals surface area (Å²) in [5.41, 5.74) is 1.48. The minimum Gasteiger partial charge on any atom is -0.388 e. The Bertz CT molecular complexity index is 469. The molecule has 0 spiro atoms. The van der Waals surface area contributed by atoms with Crippen molar-refractivity contribution in [1.82, 2.24) is 10.6 Å². The van der Waals surface area contributed by atoms with E-state index in [-0.39, 0.29) is 11.8 Å². The predicted octanol–water partition coefficient (Wildman–Crippen LogP) is 1.54. The van der Waals surface area contributed by atoms with E-state index in [1.54, 1.807) is 0 Å². The predicted molar refractivity (Wildman–Crippen MR) is 79.4 cm³/mol. The summed E-state index contributed by atoms with van der Waals surface area (Å²) in [6.45, 7) is 5.66. The van der Waals surface area contributed by atoms with Crippen molar-refractivity contribution in [2.45, 2.75) is 44.8 Å². The molecular formula is C16H24N2O2. The average molecular weight is 276 g/mol. The number of hydrogen-bond acceptors (Lipinski definition) is 3. The molecule has 0 aliphatic carbocycles. The number of aliphatic hydroxyl groups is 1. The summed E-state index contributed by atoms with van der Waals surface area (Å²) < 4.78 is 0. The van der Waals surface area contributed by atoms with Crippen molar-refractivity contribution in [1.29, 1.82) is 0 Å². The van der Waals surface area contributed by atoms with Gasteiger partial charge >= 0.3 is 0 Å². The van der Waals surface area contributed by atoms with E-state index >= 15 is 0 Å². The quantitative estimate of drug-likeness (QED) is 0.764. The molecule has 0 aromatic heterocycles. The summed E-state index contributed by atoms with van der Waals surface area (Å²) >= 11 is 0. The zero-order chi connectivity index (χ0) is 14.6. The standard InChI is InChI=1S/C16H24N2O2/c1-3-16(20,4-2)11-18-15(19)14-10-17-9-12-7-5-6-8-13(12)14/h5-8,14,17,20H,3-4,9-11H2,1-2H3,(H,18,19). The molecule has 0 saturated carbocycles. The highest BCUT2D eigenvalue weighted by molar-refractivity contribution is 5.84. The van der Waals surface area contributed by atoms with Gasteiger partial charge in [0, 0.05) is 19.6 Å². The number of benzene rings is 1. The molecule has 3 N–H and O–H groups in total. The molecule has 1 unspecified atom stereocenters. The number of rotatable bonds is 5. The fourth-order valence-electron chi connectivity index (χ4n) is 2.61. The van der Waals surface area contributed by atoms with Crippen molar-refractivity contribution in [3.63, 3.8) is 0 Å². The van der Waals surface area contributed by atoms with E-state index in [1.165, 1.54) is 5.56 Å². The van der Waals surface area contributed by atoms with Gasteiger partial charge in [0.05, 0.1) is 11.5 Å². The van der Waals surface area contributed by atoms with Crippen LogP contribution in [0.25, 0.3) is 0 Å². The Morgan fingerprint density at radius 2 is 2.10 bits per heavy atom. The van der Waals surface area contributed by atoms with Crippen molar-refractivity contribution in [2.75, 3.05) is 13.1 Å². The Morgan fingerprint density at radius 1 is 1.40 bits per heavy atom. The van der Waals surface area contributed by atoms with Crippen LogP contribution in [0.3, 0.4) is 0 Å². The van der Waals surface area contributed by atoms with Crippen molar-refractivity contribution in [3.8, 4) is 0 Å². The maximum atomic E-state index is 12.4. The van der Waals surface area contributed by atoms with Crippen LogP contribution < -0.4 is 10.6 Å². The summed E-state index contributed by atoms with van der Waals surface area (Å²) in [6, 6.07) is 8.04. The number of hydrogen-bond donors (Lipinski definition) is 3. The van der Waals surface area contributed by atoms with E-state index in [2.05, 4.69) is 16.7 Å². The zero-order valence-electron chi connectivity index (χ0n) is 12.3. The highest BCUT2D eigenvalue weighted by atomic mass is 16.3. The second-order valence-electron chi connectivity index (χ2n) is 5.53. The molecule has 1 aromatic rings.